The standard InChI is InChI=1S/C19H25N3OS.2C2HF3O2/c1-15-4-8-24-19(15)14-22-12-17-11-21(6-7-23-18(17)13-22)10-16-3-2-5-20-9-16;2*3-2(4,5)1(6)7/h2-5,8-9,17-18H,6-7,10-14H2,1H3;2*(H,6,7)/t17-,18+;;/m0../s1. The molecule has 0 amide bonds. The molecule has 15 heteroatoms. The Hall–Kier alpha value is -2.75. The lowest BCUT2D eigenvalue weighted by atomic mass is 10.1. The van der Waals surface area contributed by atoms with E-state index in [1.165, 1.54) is 16.0 Å². The summed E-state index contributed by atoms with van der Waals surface area (Å²) in [6.45, 7) is 9.46. The van der Waals surface area contributed by atoms with Crippen molar-refractivity contribution >= 4 is 23.3 Å². The highest BCUT2D eigenvalue weighted by atomic mass is 32.1. The Bertz CT molecular complexity index is 1010. The molecule has 0 saturated carbocycles. The number of thiophene rings is 1. The first-order valence-corrected chi connectivity index (χ1v) is 12.1. The van der Waals surface area contributed by atoms with E-state index in [0.717, 1.165) is 45.9 Å². The Morgan fingerprint density at radius 2 is 1.63 bits per heavy atom. The number of carboxylic acids is 2. The van der Waals surface area contributed by atoms with Crippen LogP contribution >= 0.6 is 11.3 Å². The number of aromatic nitrogens is 1. The molecule has 8 nitrogen and oxygen atoms in total. The van der Waals surface area contributed by atoms with Crippen LogP contribution in [0, 0.1) is 12.8 Å². The van der Waals surface area contributed by atoms with E-state index in [9.17, 15) is 26.3 Å². The lowest BCUT2D eigenvalue weighted by Crippen LogP contribution is -2.32. The van der Waals surface area contributed by atoms with E-state index in [0.29, 0.717) is 12.0 Å². The molecule has 4 heterocycles. The molecule has 0 spiro atoms. The first kappa shape index (κ1) is 31.5. The predicted octanol–water partition coefficient (Wildman–Crippen LogP) is 4.05. The number of hydrogen-bond acceptors (Lipinski definition) is 7. The first-order valence-electron chi connectivity index (χ1n) is 11.2. The first-order chi connectivity index (χ1) is 17.7. The normalized spacial score (nSPS) is 20.3. The van der Waals surface area contributed by atoms with Gasteiger partial charge in [0.05, 0.1) is 12.7 Å². The number of aliphatic carboxylic acids is 2. The minimum absolute atomic E-state index is 0.393. The zero-order valence-electron chi connectivity index (χ0n) is 20.2. The predicted molar refractivity (Wildman–Crippen MR) is 124 cm³/mol. The van der Waals surface area contributed by atoms with Crippen molar-refractivity contribution in [1.82, 2.24) is 14.8 Å². The summed E-state index contributed by atoms with van der Waals surface area (Å²) in [6, 6.07) is 6.41. The highest BCUT2D eigenvalue weighted by Crippen LogP contribution is 2.27. The van der Waals surface area contributed by atoms with Crippen LogP contribution in [-0.4, -0.2) is 88.2 Å². The van der Waals surface area contributed by atoms with Crippen LogP contribution in [0.3, 0.4) is 0 Å². The number of aryl methyl sites for hydroxylation is 1. The molecular weight excluding hydrogens is 544 g/mol. The van der Waals surface area contributed by atoms with E-state index < -0.39 is 24.3 Å². The maximum Gasteiger partial charge on any atom is 0.490 e. The fourth-order valence-corrected chi connectivity index (χ4v) is 4.79. The van der Waals surface area contributed by atoms with Crippen molar-refractivity contribution in [3.63, 3.8) is 0 Å². The number of nitrogens with zero attached hydrogens (tertiary/aromatic N) is 3. The quantitative estimate of drug-likeness (QED) is 0.530. The molecule has 0 unspecified atom stereocenters. The van der Waals surface area contributed by atoms with Crippen molar-refractivity contribution < 1.29 is 50.9 Å². The van der Waals surface area contributed by atoms with Gasteiger partial charge >= 0.3 is 24.3 Å². The lowest BCUT2D eigenvalue weighted by Gasteiger charge is -2.23. The third-order valence-corrected chi connectivity index (χ3v) is 6.65. The third kappa shape index (κ3) is 10.6. The fraction of sp³-hybridized carbons (Fsp3) is 0.522. The van der Waals surface area contributed by atoms with Crippen LogP contribution in [0.15, 0.2) is 36.0 Å². The SMILES string of the molecule is Cc1ccsc1CN1C[C@@H]2CN(Cc3cccnc3)CCO[C@@H]2C1.O=C(O)C(F)(F)F.O=C(O)C(F)(F)F. The maximum absolute atomic E-state index is 10.6. The lowest BCUT2D eigenvalue weighted by molar-refractivity contribution is -0.193. The number of carbonyl (C=O) groups is 2. The van der Waals surface area contributed by atoms with E-state index >= 15 is 0 Å². The smallest absolute Gasteiger partial charge is 0.475 e. The average Bonchev–Trinajstić information content (AvgIpc) is 3.34. The number of alkyl halides is 6. The number of pyridine rings is 1. The maximum atomic E-state index is 10.6. The summed E-state index contributed by atoms with van der Waals surface area (Å²) in [5.41, 5.74) is 2.71. The van der Waals surface area contributed by atoms with Crippen molar-refractivity contribution in [3.8, 4) is 0 Å². The number of rotatable bonds is 4. The molecule has 2 saturated heterocycles. The van der Waals surface area contributed by atoms with Gasteiger partial charge in [-0.15, -0.1) is 11.3 Å². The van der Waals surface area contributed by atoms with E-state index in [1.54, 1.807) is 0 Å². The van der Waals surface area contributed by atoms with Crippen LogP contribution in [0.2, 0.25) is 0 Å². The molecule has 2 N–H and O–H groups in total. The molecule has 2 fully saturated rings. The van der Waals surface area contributed by atoms with Crippen LogP contribution in [0.5, 0.6) is 0 Å². The Kier molecular flexibility index (Phi) is 11.5. The van der Waals surface area contributed by atoms with Gasteiger partial charge in [-0.2, -0.15) is 26.3 Å². The zero-order chi connectivity index (χ0) is 28.5. The van der Waals surface area contributed by atoms with Crippen molar-refractivity contribution in [3.05, 3.63) is 52.0 Å². The number of halogens is 6. The summed E-state index contributed by atoms with van der Waals surface area (Å²) in [6.07, 6.45) is -5.96. The van der Waals surface area contributed by atoms with Crippen LogP contribution in [0.25, 0.3) is 0 Å². The van der Waals surface area contributed by atoms with Gasteiger partial charge in [-0.1, -0.05) is 6.07 Å². The summed E-state index contributed by atoms with van der Waals surface area (Å²) in [7, 11) is 0. The second kappa shape index (κ2) is 13.9. The largest absolute Gasteiger partial charge is 0.490 e. The number of likely N-dealkylation sites (tertiary alicyclic amines) is 1. The molecule has 2 aromatic rings. The van der Waals surface area contributed by atoms with Crippen molar-refractivity contribution in [2.45, 2.75) is 38.5 Å². The van der Waals surface area contributed by atoms with Gasteiger partial charge in [-0.25, -0.2) is 9.59 Å². The Balaban J connectivity index is 0.000000301. The van der Waals surface area contributed by atoms with Crippen molar-refractivity contribution in [2.24, 2.45) is 5.92 Å². The topological polar surface area (TPSA) is 103 Å². The molecule has 0 radical (unpaired) electrons. The molecule has 212 valence electrons. The second-order valence-corrected chi connectivity index (χ2v) is 9.59. The molecule has 2 atom stereocenters. The van der Waals surface area contributed by atoms with Gasteiger partial charge in [0, 0.05) is 62.5 Å². The molecule has 2 aliphatic rings. The second-order valence-electron chi connectivity index (χ2n) is 8.59. The molecule has 0 aliphatic carbocycles. The van der Waals surface area contributed by atoms with E-state index in [-0.39, 0.29) is 0 Å². The minimum atomic E-state index is -5.08. The Morgan fingerprint density at radius 1 is 1.03 bits per heavy atom. The Morgan fingerprint density at radius 3 is 2.13 bits per heavy atom. The van der Waals surface area contributed by atoms with Crippen LogP contribution in [-0.2, 0) is 27.4 Å². The molecule has 38 heavy (non-hydrogen) atoms. The number of fused-ring (bicyclic) bond motifs is 1. The summed E-state index contributed by atoms with van der Waals surface area (Å²) in [4.78, 5) is 28.6. The Labute approximate surface area is 218 Å². The highest BCUT2D eigenvalue weighted by Gasteiger charge is 2.39. The summed E-state index contributed by atoms with van der Waals surface area (Å²) < 4.78 is 69.7. The molecule has 2 aliphatic heterocycles. The summed E-state index contributed by atoms with van der Waals surface area (Å²) >= 11 is 1.88. The van der Waals surface area contributed by atoms with E-state index in [2.05, 4.69) is 39.2 Å². The van der Waals surface area contributed by atoms with E-state index in [1.807, 2.05) is 29.8 Å². The molecule has 2 aromatic heterocycles. The van der Waals surface area contributed by atoms with Gasteiger partial charge in [0.15, 0.2) is 0 Å². The molecular formula is C23H27F6N3O5S. The number of ether oxygens (including phenoxy) is 1. The number of carboxylic acid groups (broad SMARTS) is 2. The average molecular weight is 572 g/mol. The number of hydrogen-bond donors (Lipinski definition) is 2. The van der Waals surface area contributed by atoms with Crippen LogP contribution in [0.4, 0.5) is 26.3 Å². The van der Waals surface area contributed by atoms with Crippen LogP contribution < -0.4 is 0 Å². The molecule has 0 aromatic carbocycles. The van der Waals surface area contributed by atoms with Gasteiger partial charge in [-0.05, 0) is 35.6 Å². The molecule has 0 bridgehead atoms. The molecule has 4 rings (SSSR count). The van der Waals surface area contributed by atoms with E-state index in [4.69, 9.17) is 24.5 Å². The van der Waals surface area contributed by atoms with Gasteiger partial charge in [-0.3, -0.25) is 14.8 Å². The van der Waals surface area contributed by atoms with Gasteiger partial charge in [0.1, 0.15) is 0 Å². The van der Waals surface area contributed by atoms with Crippen molar-refractivity contribution in [2.75, 3.05) is 32.8 Å². The van der Waals surface area contributed by atoms with Crippen LogP contribution in [0.1, 0.15) is 16.0 Å². The van der Waals surface area contributed by atoms with Gasteiger partial charge in [0.25, 0.3) is 0 Å². The summed E-state index contributed by atoms with van der Waals surface area (Å²) in [5.74, 6) is -4.90. The fourth-order valence-electron chi connectivity index (χ4n) is 3.84. The highest BCUT2D eigenvalue weighted by molar-refractivity contribution is 7.10. The minimum Gasteiger partial charge on any atom is -0.475 e. The van der Waals surface area contributed by atoms with Gasteiger partial charge < -0.3 is 14.9 Å². The third-order valence-electron chi connectivity index (χ3n) is 5.64. The van der Waals surface area contributed by atoms with Gasteiger partial charge in [0.2, 0.25) is 0 Å². The monoisotopic (exact) mass is 571 g/mol. The summed E-state index contributed by atoms with van der Waals surface area (Å²) in [5, 5.41) is 16.4. The zero-order valence-corrected chi connectivity index (χ0v) is 21.0. The van der Waals surface area contributed by atoms with Crippen molar-refractivity contribution in [1.29, 1.82) is 0 Å².